The highest BCUT2D eigenvalue weighted by Gasteiger charge is 2.18. The minimum Gasteiger partial charge on any atom is -0.385 e. The normalized spacial score (nSPS) is 10.9. The van der Waals surface area contributed by atoms with Gasteiger partial charge in [-0.05, 0) is 24.6 Å². The minimum absolute atomic E-state index is 0.0869. The van der Waals surface area contributed by atoms with Gasteiger partial charge in [0.05, 0.1) is 23.9 Å². The van der Waals surface area contributed by atoms with Crippen molar-refractivity contribution in [1.29, 1.82) is 0 Å². The van der Waals surface area contributed by atoms with E-state index in [0.717, 1.165) is 11.1 Å². The molecule has 0 fully saturated rings. The van der Waals surface area contributed by atoms with E-state index >= 15 is 0 Å². The molecule has 3 aromatic heterocycles. The Morgan fingerprint density at radius 1 is 1.09 bits per heavy atom. The van der Waals surface area contributed by atoms with E-state index in [4.69, 9.17) is 10.7 Å². The second kappa shape index (κ2) is 9.84. The highest BCUT2D eigenvalue weighted by Crippen LogP contribution is 2.23. The molecule has 4 aromatic rings. The number of pyridine rings is 2. The molecule has 0 saturated heterocycles. The van der Waals surface area contributed by atoms with E-state index in [9.17, 15) is 14.4 Å². The average Bonchev–Trinajstić information content (AvgIpc) is 3.35. The monoisotopic (exact) mass is 476 g/mol. The number of likely N-dealkylation sites (N-methyl/N-ethyl adjacent to an activating group) is 1. The summed E-state index contributed by atoms with van der Waals surface area (Å²) in [7, 11) is 1.52. The molecular weight excluding hydrogens is 452 g/mol. The number of carbonyl (C=O) groups is 2. The molecule has 0 saturated carbocycles. The summed E-state index contributed by atoms with van der Waals surface area (Å²) in [6, 6.07) is 11.0. The topological polar surface area (TPSA) is 132 Å². The zero-order chi connectivity index (χ0) is 24.2. The van der Waals surface area contributed by atoms with Crippen LogP contribution in [-0.2, 0) is 29.0 Å². The molecular formula is C24H24N6O3S. The van der Waals surface area contributed by atoms with E-state index in [0.29, 0.717) is 28.4 Å². The second-order valence-corrected chi connectivity index (χ2v) is 8.51. The van der Waals surface area contributed by atoms with Gasteiger partial charge in [-0.1, -0.05) is 24.3 Å². The Morgan fingerprint density at radius 2 is 1.85 bits per heavy atom. The molecule has 0 atom stereocenters. The van der Waals surface area contributed by atoms with E-state index in [-0.39, 0.29) is 41.5 Å². The minimum atomic E-state index is -0.290. The van der Waals surface area contributed by atoms with Crippen molar-refractivity contribution in [3.63, 3.8) is 0 Å². The number of anilines is 2. The summed E-state index contributed by atoms with van der Waals surface area (Å²) < 4.78 is 1.75. The number of hydrogen-bond donors (Lipinski definition) is 3. The van der Waals surface area contributed by atoms with Gasteiger partial charge in [0.15, 0.2) is 10.6 Å². The highest BCUT2D eigenvalue weighted by molar-refractivity contribution is 7.13. The Kier molecular flexibility index (Phi) is 6.69. The standard InChI is InChI=1S/C24H24N6O3S/c1-3-30-22(25)17(13-19(31)26-2)21(33)16-8-9-18(28-23(16)30)15-6-4-14(5-7-15)12-20(32)29-24-27-10-11-34-24/h4-11H,3,12-13,25H2,1-2H3,(H,26,31)(H,27,29,32). The number of benzene rings is 1. The van der Waals surface area contributed by atoms with Gasteiger partial charge in [-0.15, -0.1) is 11.3 Å². The van der Waals surface area contributed by atoms with Crippen molar-refractivity contribution in [2.75, 3.05) is 18.1 Å². The SMILES string of the molecule is CCn1c(N)c(CC(=O)NC)c(=O)c2ccc(-c3ccc(CC(=O)Nc4nccs4)cc3)nc21. The summed E-state index contributed by atoms with van der Waals surface area (Å²) in [6.45, 7) is 2.40. The molecule has 0 bridgehead atoms. The molecule has 4 N–H and O–H groups in total. The summed E-state index contributed by atoms with van der Waals surface area (Å²) in [5, 5.41) is 8.08. The Hall–Kier alpha value is -4.05. The van der Waals surface area contributed by atoms with Gasteiger partial charge in [-0.2, -0.15) is 0 Å². The van der Waals surface area contributed by atoms with E-state index in [1.807, 2.05) is 31.2 Å². The third kappa shape index (κ3) is 4.67. The molecule has 4 rings (SSSR count). The number of thiazole rings is 1. The molecule has 0 aliphatic carbocycles. The highest BCUT2D eigenvalue weighted by atomic mass is 32.1. The Balaban J connectivity index is 1.63. The first kappa shape index (κ1) is 23.1. The first-order valence-corrected chi connectivity index (χ1v) is 11.6. The molecule has 0 unspecified atom stereocenters. The summed E-state index contributed by atoms with van der Waals surface area (Å²) in [5.41, 5.74) is 9.08. The van der Waals surface area contributed by atoms with Gasteiger partial charge in [-0.3, -0.25) is 14.4 Å². The summed E-state index contributed by atoms with van der Waals surface area (Å²) in [4.78, 5) is 45.9. The molecule has 0 spiro atoms. The molecule has 10 heteroatoms. The van der Waals surface area contributed by atoms with Crippen LogP contribution in [0, 0.1) is 0 Å². The number of rotatable bonds is 7. The molecule has 1 aromatic carbocycles. The van der Waals surface area contributed by atoms with E-state index in [1.54, 1.807) is 28.3 Å². The molecule has 0 aliphatic heterocycles. The molecule has 2 amide bonds. The van der Waals surface area contributed by atoms with Crippen molar-refractivity contribution in [2.24, 2.45) is 0 Å². The van der Waals surface area contributed by atoms with Crippen LogP contribution in [0.15, 0.2) is 52.8 Å². The largest absolute Gasteiger partial charge is 0.385 e. The van der Waals surface area contributed by atoms with Crippen molar-refractivity contribution in [1.82, 2.24) is 19.9 Å². The zero-order valence-electron chi connectivity index (χ0n) is 18.8. The van der Waals surface area contributed by atoms with Crippen LogP contribution in [0.5, 0.6) is 0 Å². The van der Waals surface area contributed by atoms with Gasteiger partial charge < -0.3 is 20.9 Å². The number of nitrogen functional groups attached to an aromatic ring is 1. The fraction of sp³-hybridized carbons (Fsp3) is 0.208. The summed E-state index contributed by atoms with van der Waals surface area (Å²) in [5.74, 6) is -0.174. The lowest BCUT2D eigenvalue weighted by Gasteiger charge is -2.16. The number of hydrogen-bond acceptors (Lipinski definition) is 7. The summed E-state index contributed by atoms with van der Waals surface area (Å²) >= 11 is 1.37. The zero-order valence-corrected chi connectivity index (χ0v) is 19.6. The maximum atomic E-state index is 13.0. The van der Waals surface area contributed by atoms with Gasteiger partial charge in [0.25, 0.3) is 0 Å². The number of fused-ring (bicyclic) bond motifs is 1. The maximum absolute atomic E-state index is 13.0. The lowest BCUT2D eigenvalue weighted by Crippen LogP contribution is -2.27. The van der Waals surface area contributed by atoms with Crippen LogP contribution in [-0.4, -0.2) is 33.4 Å². The quantitative estimate of drug-likeness (QED) is 0.376. The number of aryl methyl sites for hydroxylation is 1. The molecule has 9 nitrogen and oxygen atoms in total. The maximum Gasteiger partial charge on any atom is 0.230 e. The third-order valence-electron chi connectivity index (χ3n) is 5.47. The van der Waals surface area contributed by atoms with Crippen LogP contribution in [0.4, 0.5) is 10.9 Å². The second-order valence-electron chi connectivity index (χ2n) is 7.61. The third-order valence-corrected chi connectivity index (χ3v) is 6.16. The molecule has 174 valence electrons. The van der Waals surface area contributed by atoms with Crippen LogP contribution in [0.1, 0.15) is 18.1 Å². The molecule has 0 radical (unpaired) electrons. The predicted octanol–water partition coefficient (Wildman–Crippen LogP) is 2.59. The Morgan fingerprint density at radius 3 is 2.50 bits per heavy atom. The van der Waals surface area contributed by atoms with Crippen molar-refractivity contribution in [2.45, 2.75) is 26.3 Å². The Bertz CT molecular complexity index is 1410. The predicted molar refractivity (Wildman–Crippen MR) is 134 cm³/mol. The number of nitrogens with two attached hydrogens (primary N) is 1. The average molecular weight is 477 g/mol. The van der Waals surface area contributed by atoms with Crippen LogP contribution in [0.2, 0.25) is 0 Å². The number of nitrogens with zero attached hydrogens (tertiary/aromatic N) is 3. The van der Waals surface area contributed by atoms with Crippen molar-refractivity contribution in [3.05, 3.63) is 69.3 Å². The lowest BCUT2D eigenvalue weighted by molar-refractivity contribution is -0.120. The van der Waals surface area contributed by atoms with Crippen LogP contribution in [0.3, 0.4) is 0 Å². The number of amides is 2. The fourth-order valence-electron chi connectivity index (χ4n) is 3.72. The van der Waals surface area contributed by atoms with Gasteiger partial charge in [0.1, 0.15) is 11.5 Å². The smallest absolute Gasteiger partial charge is 0.230 e. The van der Waals surface area contributed by atoms with Crippen molar-refractivity contribution >= 4 is 45.1 Å². The van der Waals surface area contributed by atoms with Gasteiger partial charge in [0.2, 0.25) is 11.8 Å². The van der Waals surface area contributed by atoms with Crippen LogP contribution in [0.25, 0.3) is 22.3 Å². The summed E-state index contributed by atoms with van der Waals surface area (Å²) in [6.07, 6.45) is 1.78. The molecule has 34 heavy (non-hydrogen) atoms. The van der Waals surface area contributed by atoms with Gasteiger partial charge in [-0.25, -0.2) is 9.97 Å². The number of carbonyl (C=O) groups excluding carboxylic acids is 2. The van der Waals surface area contributed by atoms with Gasteiger partial charge >= 0.3 is 0 Å². The van der Waals surface area contributed by atoms with E-state index < -0.39 is 0 Å². The molecule has 0 aliphatic rings. The Labute approximate surface area is 199 Å². The first-order valence-electron chi connectivity index (χ1n) is 10.7. The van der Waals surface area contributed by atoms with Crippen LogP contribution >= 0.6 is 11.3 Å². The van der Waals surface area contributed by atoms with Crippen molar-refractivity contribution in [3.8, 4) is 11.3 Å². The van der Waals surface area contributed by atoms with Crippen LogP contribution < -0.4 is 21.8 Å². The number of aromatic nitrogens is 3. The number of nitrogens with one attached hydrogen (secondary N) is 2. The first-order chi connectivity index (χ1) is 16.4. The van der Waals surface area contributed by atoms with E-state index in [1.165, 1.54) is 18.4 Å². The fourth-order valence-corrected chi connectivity index (χ4v) is 4.26. The molecule has 3 heterocycles. The lowest BCUT2D eigenvalue weighted by atomic mass is 10.0. The van der Waals surface area contributed by atoms with Crippen molar-refractivity contribution < 1.29 is 9.59 Å². The van der Waals surface area contributed by atoms with Gasteiger partial charge in [0, 0.05) is 36.3 Å². The van der Waals surface area contributed by atoms with E-state index in [2.05, 4.69) is 15.6 Å².